The van der Waals surface area contributed by atoms with Crippen molar-refractivity contribution in [2.75, 3.05) is 24.7 Å². The van der Waals surface area contributed by atoms with E-state index < -0.39 is 30.8 Å². The third-order valence-corrected chi connectivity index (χ3v) is 2.25. The zero-order valence-electron chi connectivity index (χ0n) is 9.11. The van der Waals surface area contributed by atoms with Gasteiger partial charge in [0.15, 0.2) is 0 Å². The van der Waals surface area contributed by atoms with Crippen molar-refractivity contribution in [3.63, 3.8) is 0 Å². The first-order valence-corrected chi connectivity index (χ1v) is 6.15. The molecule has 100 valence electrons. The first-order chi connectivity index (χ1) is 8.03. The summed E-state index contributed by atoms with van der Waals surface area (Å²) in [5.74, 6) is -1.36. The number of hydrogen-bond acceptors (Lipinski definition) is 8. The molecule has 0 saturated heterocycles. The average molecular weight is 284 g/mol. The molecule has 2 atom stereocenters. The highest BCUT2D eigenvalue weighted by atomic mass is 32.1. The fourth-order valence-corrected chi connectivity index (χ4v) is 1.15. The summed E-state index contributed by atoms with van der Waals surface area (Å²) >= 11 is 7.44. The number of aliphatic hydroxyl groups is 2. The number of rotatable bonds is 8. The molecule has 0 aliphatic rings. The van der Waals surface area contributed by atoms with Crippen molar-refractivity contribution in [1.82, 2.24) is 0 Å². The Bertz CT molecular complexity index is 248. The van der Waals surface area contributed by atoms with Gasteiger partial charge < -0.3 is 19.7 Å². The van der Waals surface area contributed by atoms with Gasteiger partial charge in [0.25, 0.3) is 0 Å². The van der Waals surface area contributed by atoms with E-state index >= 15 is 0 Å². The van der Waals surface area contributed by atoms with Gasteiger partial charge >= 0.3 is 11.9 Å². The Morgan fingerprint density at radius 2 is 1.76 bits per heavy atom. The van der Waals surface area contributed by atoms with E-state index in [4.69, 9.17) is 14.6 Å². The van der Waals surface area contributed by atoms with Gasteiger partial charge in [0.1, 0.15) is 12.7 Å². The molecule has 0 aromatic heterocycles. The van der Waals surface area contributed by atoms with Crippen LogP contribution in [0.2, 0.25) is 0 Å². The molecule has 0 heterocycles. The molecule has 0 aliphatic heterocycles. The summed E-state index contributed by atoms with van der Waals surface area (Å²) in [4.78, 5) is 21.9. The molecule has 0 amide bonds. The highest BCUT2D eigenvalue weighted by Gasteiger charge is 2.19. The minimum Gasteiger partial charge on any atom is -0.461 e. The van der Waals surface area contributed by atoms with Crippen LogP contribution in [0.3, 0.4) is 0 Å². The van der Waals surface area contributed by atoms with Crippen LogP contribution in [0.1, 0.15) is 6.42 Å². The molecule has 0 saturated carbocycles. The lowest BCUT2D eigenvalue weighted by Gasteiger charge is -2.19. The van der Waals surface area contributed by atoms with Crippen LogP contribution in [-0.2, 0) is 19.1 Å². The molecule has 8 heteroatoms. The molecule has 0 bridgehead atoms. The molecule has 2 unspecified atom stereocenters. The summed E-state index contributed by atoms with van der Waals surface area (Å²) in [6.45, 7) is -0.647. The van der Waals surface area contributed by atoms with Crippen molar-refractivity contribution in [3.8, 4) is 0 Å². The van der Waals surface area contributed by atoms with Gasteiger partial charge in [-0.05, 0) is 0 Å². The lowest BCUT2D eigenvalue weighted by molar-refractivity contribution is -0.157. The van der Waals surface area contributed by atoms with E-state index in [9.17, 15) is 14.7 Å². The second kappa shape index (κ2) is 9.58. The van der Waals surface area contributed by atoms with Gasteiger partial charge in [-0.2, -0.15) is 25.3 Å². The van der Waals surface area contributed by atoms with Crippen molar-refractivity contribution in [2.24, 2.45) is 0 Å². The number of thiol groups is 2. The minimum atomic E-state index is -1.04. The standard InChI is InChI=1S/C9H16O6S2/c10-2-6(11)1-7(15-9(13)5-17)3-14-8(12)4-16/h6-7,10-11,16-17H,1-5H2. The van der Waals surface area contributed by atoms with Crippen molar-refractivity contribution in [2.45, 2.75) is 18.6 Å². The molecule has 6 nitrogen and oxygen atoms in total. The maximum absolute atomic E-state index is 11.0. The second-order valence-electron chi connectivity index (χ2n) is 3.18. The Morgan fingerprint density at radius 3 is 2.24 bits per heavy atom. The Kier molecular flexibility index (Phi) is 9.33. The largest absolute Gasteiger partial charge is 0.461 e. The van der Waals surface area contributed by atoms with Gasteiger partial charge in [0.05, 0.1) is 24.2 Å². The lowest BCUT2D eigenvalue weighted by atomic mass is 10.2. The molecule has 0 fully saturated rings. The highest BCUT2D eigenvalue weighted by molar-refractivity contribution is 7.81. The molecule has 0 aliphatic carbocycles. The van der Waals surface area contributed by atoms with Crippen molar-refractivity contribution in [1.29, 1.82) is 0 Å². The number of carbonyl (C=O) groups excluding carboxylic acids is 2. The van der Waals surface area contributed by atoms with Crippen molar-refractivity contribution >= 4 is 37.2 Å². The third kappa shape index (κ3) is 8.31. The maximum atomic E-state index is 11.0. The molecule has 2 N–H and O–H groups in total. The van der Waals surface area contributed by atoms with Gasteiger partial charge in [0.2, 0.25) is 0 Å². The zero-order chi connectivity index (χ0) is 13.3. The summed E-state index contributed by atoms with van der Waals surface area (Å²) in [7, 11) is 0. The van der Waals surface area contributed by atoms with Gasteiger partial charge in [0, 0.05) is 6.42 Å². The van der Waals surface area contributed by atoms with Gasteiger partial charge in [-0.3, -0.25) is 9.59 Å². The van der Waals surface area contributed by atoms with E-state index in [1.54, 1.807) is 0 Å². The van der Waals surface area contributed by atoms with Crippen LogP contribution in [-0.4, -0.2) is 59.1 Å². The van der Waals surface area contributed by atoms with Crippen LogP contribution in [0, 0.1) is 0 Å². The molecule has 17 heavy (non-hydrogen) atoms. The molecular formula is C9H16O6S2. The average Bonchev–Trinajstić information content (AvgIpc) is 2.34. The predicted molar refractivity (Wildman–Crippen MR) is 66.3 cm³/mol. The SMILES string of the molecule is O=C(CS)OCC(CC(O)CO)OC(=O)CS. The lowest BCUT2D eigenvalue weighted by Crippen LogP contribution is -2.31. The monoisotopic (exact) mass is 284 g/mol. The summed E-state index contributed by atoms with van der Waals surface area (Å²) < 4.78 is 9.61. The Hall–Kier alpha value is -0.440. The molecule has 0 aromatic rings. The minimum absolute atomic E-state index is 0.0180. The van der Waals surface area contributed by atoms with Crippen LogP contribution in [0.5, 0.6) is 0 Å². The smallest absolute Gasteiger partial charge is 0.316 e. The number of carbonyl (C=O) groups is 2. The fraction of sp³-hybridized carbons (Fsp3) is 0.778. The number of esters is 2. The zero-order valence-corrected chi connectivity index (χ0v) is 10.9. The Labute approximate surface area is 110 Å². The number of hydrogen-bond donors (Lipinski definition) is 4. The Morgan fingerprint density at radius 1 is 1.18 bits per heavy atom. The molecule has 0 aromatic carbocycles. The van der Waals surface area contributed by atoms with E-state index in [1.807, 2.05) is 0 Å². The van der Waals surface area contributed by atoms with E-state index in [0.717, 1.165) is 0 Å². The quantitative estimate of drug-likeness (QED) is 0.339. The first-order valence-electron chi connectivity index (χ1n) is 4.89. The van der Waals surface area contributed by atoms with Crippen LogP contribution >= 0.6 is 25.3 Å². The first kappa shape index (κ1) is 16.6. The normalized spacial score (nSPS) is 13.9. The van der Waals surface area contributed by atoms with E-state index in [-0.39, 0.29) is 24.5 Å². The Balaban J connectivity index is 4.19. The molecule has 0 rings (SSSR count). The maximum Gasteiger partial charge on any atom is 0.316 e. The van der Waals surface area contributed by atoms with Crippen LogP contribution < -0.4 is 0 Å². The summed E-state index contributed by atoms with van der Waals surface area (Å²) in [5, 5.41) is 17.9. The number of ether oxygens (including phenoxy) is 2. The van der Waals surface area contributed by atoms with Crippen LogP contribution in [0.4, 0.5) is 0 Å². The highest BCUT2D eigenvalue weighted by Crippen LogP contribution is 2.05. The van der Waals surface area contributed by atoms with Crippen LogP contribution in [0.15, 0.2) is 0 Å². The third-order valence-electron chi connectivity index (χ3n) is 1.73. The van der Waals surface area contributed by atoms with Gasteiger partial charge in [-0.25, -0.2) is 0 Å². The van der Waals surface area contributed by atoms with Crippen molar-refractivity contribution in [3.05, 3.63) is 0 Å². The summed E-state index contributed by atoms with van der Waals surface area (Å²) in [5.41, 5.74) is 0. The van der Waals surface area contributed by atoms with E-state index in [1.165, 1.54) is 0 Å². The van der Waals surface area contributed by atoms with Crippen LogP contribution in [0.25, 0.3) is 0 Å². The summed E-state index contributed by atoms with van der Waals surface area (Å²) in [6.07, 6.45) is -1.86. The summed E-state index contributed by atoms with van der Waals surface area (Å²) in [6, 6.07) is 0. The fourth-order valence-electron chi connectivity index (χ4n) is 0.983. The molecule has 0 radical (unpaired) electrons. The predicted octanol–water partition coefficient (Wildman–Crippen LogP) is -0.956. The molecule has 0 spiro atoms. The van der Waals surface area contributed by atoms with Crippen molar-refractivity contribution < 1.29 is 29.3 Å². The van der Waals surface area contributed by atoms with Gasteiger partial charge in [-0.15, -0.1) is 0 Å². The van der Waals surface area contributed by atoms with E-state index in [0.29, 0.717) is 0 Å². The number of aliphatic hydroxyl groups excluding tert-OH is 2. The van der Waals surface area contributed by atoms with E-state index in [2.05, 4.69) is 25.3 Å². The van der Waals surface area contributed by atoms with Gasteiger partial charge in [-0.1, -0.05) is 0 Å². The second-order valence-corrected chi connectivity index (χ2v) is 3.82. The topological polar surface area (TPSA) is 93.1 Å². The molecular weight excluding hydrogens is 268 g/mol.